The molecule has 0 saturated carbocycles. The lowest BCUT2D eigenvalue weighted by molar-refractivity contribution is -0.00850. The minimum absolute atomic E-state index is 0.0930. The predicted molar refractivity (Wildman–Crippen MR) is 135 cm³/mol. The Balaban J connectivity index is 1.57. The number of nitrogens with two attached hydrogens (primary N) is 1. The summed E-state index contributed by atoms with van der Waals surface area (Å²) in [4.78, 5) is 25.4. The molecule has 202 valence electrons. The van der Waals surface area contributed by atoms with Gasteiger partial charge in [-0.2, -0.15) is 0 Å². The minimum Gasteiger partial charge on any atom is -0.465 e. The van der Waals surface area contributed by atoms with Crippen molar-refractivity contribution in [3.63, 3.8) is 0 Å². The Morgan fingerprint density at radius 1 is 1.25 bits per heavy atom. The molecule has 3 rings (SSSR count). The maximum atomic E-state index is 14.1. The topological polar surface area (TPSA) is 126 Å². The van der Waals surface area contributed by atoms with Crippen LogP contribution in [0.2, 0.25) is 5.02 Å². The summed E-state index contributed by atoms with van der Waals surface area (Å²) in [5.74, 6) is -0.164. The minimum atomic E-state index is -1.14. The van der Waals surface area contributed by atoms with E-state index in [2.05, 4.69) is 10.6 Å². The van der Waals surface area contributed by atoms with Gasteiger partial charge in [0.2, 0.25) is 0 Å². The van der Waals surface area contributed by atoms with Crippen LogP contribution in [0, 0.1) is 17.7 Å². The highest BCUT2D eigenvalue weighted by Gasteiger charge is 2.32. The molecule has 0 aromatic heterocycles. The number of nitrogens with one attached hydrogen (secondary N) is 2. The van der Waals surface area contributed by atoms with E-state index in [9.17, 15) is 14.0 Å². The van der Waals surface area contributed by atoms with Crippen LogP contribution in [-0.4, -0.2) is 74.2 Å². The number of piperidine rings is 1. The third-order valence-corrected chi connectivity index (χ3v) is 6.94. The number of benzene rings is 1. The van der Waals surface area contributed by atoms with Crippen molar-refractivity contribution in [2.24, 2.45) is 17.6 Å². The zero-order chi connectivity index (χ0) is 25.9. The number of amides is 3. The van der Waals surface area contributed by atoms with E-state index in [1.807, 2.05) is 0 Å². The van der Waals surface area contributed by atoms with Crippen LogP contribution >= 0.6 is 11.6 Å². The molecular formula is C25H38ClFN4O5. The SMILES string of the molecule is NC(CNC(=O)N1CCCC(C(OCCNC(=O)O)c2cc(F)cc(Cl)c2)C1)CC1CCCCOC1. The molecule has 4 atom stereocenters. The van der Waals surface area contributed by atoms with Gasteiger partial charge < -0.3 is 35.8 Å². The highest BCUT2D eigenvalue weighted by Crippen LogP contribution is 2.34. The summed E-state index contributed by atoms with van der Waals surface area (Å²) in [6.07, 6.45) is 3.99. The molecule has 0 spiro atoms. The van der Waals surface area contributed by atoms with Crippen LogP contribution in [0.3, 0.4) is 0 Å². The van der Waals surface area contributed by atoms with E-state index in [1.54, 1.807) is 11.0 Å². The highest BCUT2D eigenvalue weighted by atomic mass is 35.5. The first-order chi connectivity index (χ1) is 17.3. The van der Waals surface area contributed by atoms with Crippen LogP contribution in [0.15, 0.2) is 18.2 Å². The molecule has 0 aliphatic carbocycles. The molecule has 2 aliphatic heterocycles. The molecule has 11 heteroatoms. The van der Waals surface area contributed by atoms with Gasteiger partial charge in [0.05, 0.1) is 12.7 Å². The number of carbonyl (C=O) groups is 2. The number of hydrogen-bond acceptors (Lipinski definition) is 5. The quantitative estimate of drug-likeness (QED) is 0.342. The summed E-state index contributed by atoms with van der Waals surface area (Å²) < 4.78 is 25.7. The highest BCUT2D eigenvalue weighted by molar-refractivity contribution is 6.30. The number of ether oxygens (including phenoxy) is 2. The molecule has 2 heterocycles. The van der Waals surface area contributed by atoms with E-state index < -0.39 is 18.0 Å². The van der Waals surface area contributed by atoms with Crippen LogP contribution < -0.4 is 16.4 Å². The van der Waals surface area contributed by atoms with Gasteiger partial charge in [0, 0.05) is 56.4 Å². The Hall–Kier alpha value is -2.14. The van der Waals surface area contributed by atoms with Crippen molar-refractivity contribution < 1.29 is 28.6 Å². The van der Waals surface area contributed by atoms with Gasteiger partial charge in [-0.15, -0.1) is 0 Å². The van der Waals surface area contributed by atoms with Gasteiger partial charge in [0.1, 0.15) is 5.82 Å². The zero-order valence-electron chi connectivity index (χ0n) is 20.6. The van der Waals surface area contributed by atoms with E-state index in [-0.39, 0.29) is 36.2 Å². The second-order valence-electron chi connectivity index (χ2n) is 9.69. The third kappa shape index (κ3) is 9.38. The summed E-state index contributed by atoms with van der Waals surface area (Å²) in [6, 6.07) is 3.91. The number of carboxylic acid groups (broad SMARTS) is 1. The van der Waals surface area contributed by atoms with Crippen molar-refractivity contribution in [2.45, 2.75) is 50.7 Å². The Bertz CT molecular complexity index is 835. The van der Waals surface area contributed by atoms with Crippen molar-refractivity contribution in [3.8, 4) is 0 Å². The smallest absolute Gasteiger partial charge is 0.404 e. The first kappa shape index (κ1) is 28.4. The summed E-state index contributed by atoms with van der Waals surface area (Å²) >= 11 is 6.08. The van der Waals surface area contributed by atoms with Gasteiger partial charge in [0.15, 0.2) is 0 Å². The fraction of sp³-hybridized carbons (Fsp3) is 0.680. The molecule has 2 aliphatic rings. The number of nitrogens with zero attached hydrogens (tertiary/aromatic N) is 1. The molecule has 4 unspecified atom stereocenters. The molecule has 2 saturated heterocycles. The molecule has 1 aromatic carbocycles. The lowest BCUT2D eigenvalue weighted by Crippen LogP contribution is -2.49. The second-order valence-corrected chi connectivity index (χ2v) is 10.1. The lowest BCUT2D eigenvalue weighted by atomic mass is 9.88. The Morgan fingerprint density at radius 2 is 2.08 bits per heavy atom. The molecule has 36 heavy (non-hydrogen) atoms. The Morgan fingerprint density at radius 3 is 2.86 bits per heavy atom. The summed E-state index contributed by atoms with van der Waals surface area (Å²) in [5, 5.41) is 14.3. The maximum Gasteiger partial charge on any atom is 0.404 e. The van der Waals surface area contributed by atoms with E-state index in [0.717, 1.165) is 51.7 Å². The second kappa shape index (κ2) is 14.6. The summed E-state index contributed by atoms with van der Waals surface area (Å²) in [5.41, 5.74) is 6.86. The van der Waals surface area contributed by atoms with Gasteiger partial charge >= 0.3 is 12.1 Å². The van der Waals surface area contributed by atoms with Crippen molar-refractivity contribution >= 4 is 23.7 Å². The molecule has 3 amide bonds. The monoisotopic (exact) mass is 528 g/mol. The van der Waals surface area contributed by atoms with Crippen LogP contribution in [0.25, 0.3) is 0 Å². The zero-order valence-corrected chi connectivity index (χ0v) is 21.4. The fourth-order valence-electron chi connectivity index (χ4n) is 5.03. The van der Waals surface area contributed by atoms with Crippen molar-refractivity contribution in [1.82, 2.24) is 15.5 Å². The lowest BCUT2D eigenvalue weighted by Gasteiger charge is -2.37. The number of rotatable bonds is 10. The van der Waals surface area contributed by atoms with Gasteiger partial charge in [-0.3, -0.25) is 0 Å². The number of halogens is 2. The molecule has 2 fully saturated rings. The molecule has 1 aromatic rings. The van der Waals surface area contributed by atoms with E-state index in [4.69, 9.17) is 31.9 Å². The summed E-state index contributed by atoms with van der Waals surface area (Å²) in [6.45, 7) is 3.14. The maximum absolute atomic E-state index is 14.1. The normalized spacial score (nSPS) is 22.4. The van der Waals surface area contributed by atoms with E-state index >= 15 is 0 Å². The third-order valence-electron chi connectivity index (χ3n) is 6.72. The van der Waals surface area contributed by atoms with Crippen molar-refractivity contribution in [2.75, 3.05) is 46.0 Å². The first-order valence-electron chi connectivity index (χ1n) is 12.7. The van der Waals surface area contributed by atoms with Crippen LogP contribution in [-0.2, 0) is 9.47 Å². The van der Waals surface area contributed by atoms with Crippen molar-refractivity contribution in [3.05, 3.63) is 34.6 Å². The predicted octanol–water partition coefficient (Wildman–Crippen LogP) is 3.76. The molecule has 9 nitrogen and oxygen atoms in total. The van der Waals surface area contributed by atoms with Gasteiger partial charge in [-0.1, -0.05) is 18.0 Å². The van der Waals surface area contributed by atoms with Crippen LogP contribution in [0.5, 0.6) is 0 Å². The largest absolute Gasteiger partial charge is 0.465 e. The molecule has 0 bridgehead atoms. The molecule has 0 radical (unpaired) electrons. The van der Waals surface area contributed by atoms with E-state index in [0.29, 0.717) is 31.1 Å². The number of carbonyl (C=O) groups excluding carboxylic acids is 1. The number of likely N-dealkylation sites (tertiary alicyclic amines) is 1. The number of hydrogen-bond donors (Lipinski definition) is 4. The number of urea groups is 1. The average molecular weight is 529 g/mol. The van der Waals surface area contributed by atoms with Crippen molar-refractivity contribution in [1.29, 1.82) is 0 Å². The molecule has 5 N–H and O–H groups in total. The Kier molecular flexibility index (Phi) is 11.5. The first-order valence-corrected chi connectivity index (χ1v) is 13.1. The average Bonchev–Trinajstić information content (AvgIpc) is 3.10. The van der Waals surface area contributed by atoms with Gasteiger partial charge in [-0.25, -0.2) is 14.0 Å². The van der Waals surface area contributed by atoms with Crippen LogP contribution in [0.1, 0.15) is 50.2 Å². The standard InChI is InChI=1S/C25H38ClFN4O5/c26-20-11-19(12-21(27)13-20)23(36-9-6-29-25(33)34)18-5-3-7-31(15-18)24(32)30-14-22(28)10-17-4-1-2-8-35-16-17/h11-13,17-18,22-23,29H,1-10,14-16,28H2,(H,30,32)(H,33,34). The van der Waals surface area contributed by atoms with Crippen LogP contribution in [0.4, 0.5) is 14.0 Å². The summed E-state index contributed by atoms with van der Waals surface area (Å²) in [7, 11) is 0. The fourth-order valence-corrected chi connectivity index (χ4v) is 5.26. The molecular weight excluding hydrogens is 491 g/mol. The van der Waals surface area contributed by atoms with Gasteiger partial charge in [0.25, 0.3) is 0 Å². The van der Waals surface area contributed by atoms with Gasteiger partial charge in [-0.05, 0) is 61.8 Å². The van der Waals surface area contributed by atoms with E-state index in [1.165, 1.54) is 12.1 Å². The Labute approximate surface area is 216 Å².